The first kappa shape index (κ1) is 24.5. The molecule has 0 saturated carbocycles. The van der Waals surface area contributed by atoms with Crippen LogP contribution in [0.15, 0.2) is 103 Å². The molecule has 6 nitrogen and oxygen atoms in total. The van der Waals surface area contributed by atoms with Gasteiger partial charge in [-0.3, -0.25) is 19.4 Å². The highest BCUT2D eigenvalue weighted by Gasteiger charge is 2.70. The number of carbonyl (C=O) groups is 3. The average molecular weight is 546 g/mol. The second-order valence-electron chi connectivity index (χ2n) is 10.5. The van der Waals surface area contributed by atoms with Crippen molar-refractivity contribution < 1.29 is 14.4 Å². The number of fused-ring (bicyclic) bond motifs is 6. The molecule has 1 saturated heterocycles. The van der Waals surface area contributed by atoms with Gasteiger partial charge in [0.25, 0.3) is 0 Å². The van der Waals surface area contributed by atoms with Gasteiger partial charge in [0.15, 0.2) is 11.6 Å². The van der Waals surface area contributed by atoms with Crippen molar-refractivity contribution in [3.05, 3.63) is 131 Å². The molecule has 1 amide bonds. The molecule has 3 aromatic carbocycles. The molecule has 1 aromatic heterocycles. The molecule has 4 heterocycles. The van der Waals surface area contributed by atoms with Crippen molar-refractivity contribution in [2.45, 2.75) is 24.4 Å². The summed E-state index contributed by atoms with van der Waals surface area (Å²) in [4.78, 5) is 49.8. The Kier molecular flexibility index (Phi) is 5.51. The number of hydrogen-bond acceptors (Lipinski definition) is 5. The Hall–Kier alpha value is -4.55. The first-order valence-electron chi connectivity index (χ1n) is 13.1. The summed E-state index contributed by atoms with van der Waals surface area (Å²) in [5, 5.41) is 3.35. The third-order valence-electron chi connectivity index (χ3n) is 8.54. The van der Waals surface area contributed by atoms with Crippen molar-refractivity contribution in [3.8, 4) is 0 Å². The summed E-state index contributed by atoms with van der Waals surface area (Å²) in [5.41, 5.74) is 3.43. The summed E-state index contributed by atoms with van der Waals surface area (Å²) in [6.45, 7) is 2.01. The van der Waals surface area contributed by atoms with Crippen LogP contribution in [0.2, 0.25) is 5.02 Å². The number of benzene rings is 3. The fourth-order valence-corrected chi connectivity index (χ4v) is 7.13. The van der Waals surface area contributed by atoms with Crippen molar-refractivity contribution >= 4 is 46.0 Å². The lowest BCUT2D eigenvalue weighted by Crippen LogP contribution is -2.51. The maximum absolute atomic E-state index is 14.7. The van der Waals surface area contributed by atoms with E-state index in [-0.39, 0.29) is 17.5 Å². The number of hydrogen-bond donors (Lipinski definition) is 1. The number of nitrogens with one attached hydrogen (secondary N) is 1. The van der Waals surface area contributed by atoms with Gasteiger partial charge in [-0.15, -0.1) is 0 Å². The standard InChI is InChI=1S/C33H24ClN3O3/c1-19-18-27-33(23-10-4-6-12-25(23)36-32(33)40)28(30(38)20-14-16-35-17-15-20)29(31(39)22-9-2-5-11-24(22)34)37(27)26-13-7-3-8-21(19)26/h2-18,27-29H,1H3,(H,36,40)/t27-,28-,29-,33-/m0/s1. The Morgan fingerprint density at radius 2 is 1.60 bits per heavy atom. The van der Waals surface area contributed by atoms with Crippen LogP contribution < -0.4 is 10.2 Å². The van der Waals surface area contributed by atoms with E-state index in [0.29, 0.717) is 27.4 Å². The summed E-state index contributed by atoms with van der Waals surface area (Å²) in [6.07, 6.45) is 5.14. The third-order valence-corrected chi connectivity index (χ3v) is 8.87. The molecule has 7 rings (SSSR count). The number of Topliss-reactive ketones (excluding diaryl/α,β-unsaturated/α-hetero) is 2. The van der Waals surface area contributed by atoms with Crippen LogP contribution >= 0.6 is 11.6 Å². The second kappa shape index (κ2) is 9.00. The Bertz CT molecular complexity index is 1750. The van der Waals surface area contributed by atoms with Crippen molar-refractivity contribution in [2.24, 2.45) is 5.92 Å². The van der Waals surface area contributed by atoms with E-state index in [4.69, 9.17) is 11.6 Å². The van der Waals surface area contributed by atoms with Crippen LogP contribution in [0.25, 0.3) is 5.57 Å². The minimum absolute atomic E-state index is 0.294. The molecule has 7 heteroatoms. The number of anilines is 2. The van der Waals surface area contributed by atoms with E-state index in [0.717, 1.165) is 16.8 Å². The zero-order valence-electron chi connectivity index (χ0n) is 21.5. The van der Waals surface area contributed by atoms with Crippen LogP contribution in [0, 0.1) is 5.92 Å². The molecular weight excluding hydrogens is 522 g/mol. The summed E-state index contributed by atoms with van der Waals surface area (Å²) in [7, 11) is 0. The normalized spacial score (nSPS) is 24.1. The van der Waals surface area contributed by atoms with Crippen molar-refractivity contribution in [1.82, 2.24) is 4.98 Å². The van der Waals surface area contributed by atoms with Crippen LogP contribution in [-0.4, -0.2) is 34.5 Å². The lowest BCUT2D eigenvalue weighted by atomic mass is 9.64. The Labute approximate surface area is 236 Å². The van der Waals surface area contributed by atoms with Crippen LogP contribution in [0.3, 0.4) is 0 Å². The number of pyridine rings is 1. The largest absolute Gasteiger partial charge is 0.352 e. The minimum Gasteiger partial charge on any atom is -0.352 e. The number of para-hydroxylation sites is 2. The molecule has 4 atom stereocenters. The first-order chi connectivity index (χ1) is 19.4. The maximum Gasteiger partial charge on any atom is 0.238 e. The third kappa shape index (κ3) is 3.23. The smallest absolute Gasteiger partial charge is 0.238 e. The number of rotatable bonds is 4. The van der Waals surface area contributed by atoms with E-state index in [1.54, 1.807) is 48.8 Å². The zero-order chi connectivity index (χ0) is 27.6. The molecule has 1 spiro atoms. The molecule has 1 N–H and O–H groups in total. The van der Waals surface area contributed by atoms with E-state index in [1.807, 2.05) is 66.4 Å². The van der Waals surface area contributed by atoms with Gasteiger partial charge in [-0.05, 0) is 54.5 Å². The van der Waals surface area contributed by atoms with Gasteiger partial charge >= 0.3 is 0 Å². The molecule has 1 fully saturated rings. The fraction of sp³-hybridized carbons (Fsp3) is 0.152. The van der Waals surface area contributed by atoms with Gasteiger partial charge in [0.2, 0.25) is 5.91 Å². The Morgan fingerprint density at radius 1 is 0.900 bits per heavy atom. The molecule has 4 aromatic rings. The molecule has 3 aliphatic heterocycles. The first-order valence-corrected chi connectivity index (χ1v) is 13.5. The molecule has 0 radical (unpaired) electrons. The Morgan fingerprint density at radius 3 is 2.40 bits per heavy atom. The molecule has 0 unspecified atom stereocenters. The summed E-state index contributed by atoms with van der Waals surface area (Å²) < 4.78 is 0. The Balaban J connectivity index is 1.57. The lowest BCUT2D eigenvalue weighted by Gasteiger charge is -2.39. The van der Waals surface area contributed by atoms with Gasteiger partial charge in [0.1, 0.15) is 11.5 Å². The zero-order valence-corrected chi connectivity index (χ0v) is 22.3. The number of nitrogens with zero attached hydrogens (tertiary/aromatic N) is 2. The predicted molar refractivity (Wildman–Crippen MR) is 155 cm³/mol. The van der Waals surface area contributed by atoms with Crippen LogP contribution in [-0.2, 0) is 10.2 Å². The summed E-state index contributed by atoms with van der Waals surface area (Å²) >= 11 is 6.58. The topological polar surface area (TPSA) is 79.4 Å². The monoisotopic (exact) mass is 545 g/mol. The van der Waals surface area contributed by atoms with Crippen molar-refractivity contribution in [3.63, 3.8) is 0 Å². The van der Waals surface area contributed by atoms with E-state index in [9.17, 15) is 14.4 Å². The van der Waals surface area contributed by atoms with Crippen molar-refractivity contribution in [2.75, 3.05) is 10.2 Å². The highest BCUT2D eigenvalue weighted by atomic mass is 35.5. The van der Waals surface area contributed by atoms with Crippen molar-refractivity contribution in [1.29, 1.82) is 0 Å². The van der Waals surface area contributed by atoms with E-state index < -0.39 is 23.4 Å². The molecule has 0 aliphatic carbocycles. The number of aromatic nitrogens is 1. The fourth-order valence-electron chi connectivity index (χ4n) is 6.90. The van der Waals surface area contributed by atoms with E-state index >= 15 is 0 Å². The van der Waals surface area contributed by atoms with Crippen LogP contribution in [0.4, 0.5) is 11.4 Å². The number of allylic oxidation sites excluding steroid dienone is 1. The SMILES string of the molecule is CC1=C[C@@H]2N(c3ccccc31)[C@H](C(=O)c1ccccc1Cl)[C@@H](C(=O)c1ccncc1)[C@@]21C(=O)Nc2ccccc21. The van der Waals surface area contributed by atoms with Gasteiger partial charge in [-0.25, -0.2) is 0 Å². The van der Waals surface area contributed by atoms with Crippen LogP contribution in [0.1, 0.15) is 38.8 Å². The molecule has 3 aliphatic rings. The molecule has 196 valence electrons. The van der Waals surface area contributed by atoms with Gasteiger partial charge in [-0.2, -0.15) is 0 Å². The predicted octanol–water partition coefficient (Wildman–Crippen LogP) is 5.98. The summed E-state index contributed by atoms with van der Waals surface area (Å²) in [6, 6.07) is 23.8. The van der Waals surface area contributed by atoms with Gasteiger partial charge in [0.05, 0.1) is 17.0 Å². The quantitative estimate of drug-likeness (QED) is 0.319. The molecular formula is C33H24ClN3O3. The minimum atomic E-state index is -1.37. The average Bonchev–Trinajstić information content (AvgIpc) is 3.45. The second-order valence-corrected chi connectivity index (χ2v) is 10.9. The van der Waals surface area contributed by atoms with E-state index in [1.165, 1.54) is 0 Å². The van der Waals surface area contributed by atoms with Gasteiger partial charge in [-0.1, -0.05) is 66.2 Å². The number of halogens is 1. The summed E-state index contributed by atoms with van der Waals surface area (Å²) in [5.74, 6) is -1.95. The molecule has 0 bridgehead atoms. The number of amides is 1. The van der Waals surface area contributed by atoms with Gasteiger partial charge < -0.3 is 10.2 Å². The molecule has 40 heavy (non-hydrogen) atoms. The lowest BCUT2D eigenvalue weighted by molar-refractivity contribution is -0.121. The highest BCUT2D eigenvalue weighted by molar-refractivity contribution is 6.34. The number of ketones is 2. The number of carbonyl (C=O) groups excluding carboxylic acids is 3. The van der Waals surface area contributed by atoms with Gasteiger partial charge in [0, 0.05) is 40.5 Å². The maximum atomic E-state index is 14.7. The van der Waals surface area contributed by atoms with Crippen LogP contribution in [0.5, 0.6) is 0 Å². The highest BCUT2D eigenvalue weighted by Crippen LogP contribution is 2.58. The van der Waals surface area contributed by atoms with E-state index in [2.05, 4.69) is 10.3 Å².